The van der Waals surface area contributed by atoms with Crippen LogP contribution in [0.2, 0.25) is 0 Å². The SMILES string of the molecule is CCNC(=NCc1ccc(NCCOC)cc1)NCCCOCc1ccco1.I. The summed E-state index contributed by atoms with van der Waals surface area (Å²) in [5.74, 6) is 1.67. The number of furan rings is 1. The first-order chi connectivity index (χ1) is 13.8. The highest BCUT2D eigenvalue weighted by Crippen LogP contribution is 2.10. The third kappa shape index (κ3) is 11.1. The predicted molar refractivity (Wildman–Crippen MR) is 128 cm³/mol. The van der Waals surface area contributed by atoms with Crippen LogP contribution in [0.15, 0.2) is 52.1 Å². The maximum atomic E-state index is 5.59. The van der Waals surface area contributed by atoms with Crippen molar-refractivity contribution in [2.75, 3.05) is 45.3 Å². The van der Waals surface area contributed by atoms with Crippen molar-refractivity contribution in [2.24, 2.45) is 4.99 Å². The lowest BCUT2D eigenvalue weighted by molar-refractivity contribution is 0.105. The molecular formula is C21H33IN4O3. The molecule has 0 unspecified atom stereocenters. The van der Waals surface area contributed by atoms with Gasteiger partial charge in [0.05, 0.1) is 19.4 Å². The van der Waals surface area contributed by atoms with Crippen molar-refractivity contribution in [1.82, 2.24) is 10.6 Å². The molecule has 0 saturated carbocycles. The molecule has 0 bridgehead atoms. The number of ether oxygens (including phenoxy) is 2. The highest BCUT2D eigenvalue weighted by atomic mass is 127. The summed E-state index contributed by atoms with van der Waals surface area (Å²) < 4.78 is 15.9. The van der Waals surface area contributed by atoms with Crippen LogP contribution in [-0.2, 0) is 22.6 Å². The number of hydrogen-bond donors (Lipinski definition) is 3. The average molecular weight is 516 g/mol. The Morgan fingerprint density at radius 2 is 1.90 bits per heavy atom. The molecule has 0 saturated heterocycles. The molecule has 29 heavy (non-hydrogen) atoms. The van der Waals surface area contributed by atoms with Crippen LogP contribution >= 0.6 is 24.0 Å². The Hall–Kier alpha value is -1.78. The van der Waals surface area contributed by atoms with Crippen molar-refractivity contribution >= 4 is 35.6 Å². The lowest BCUT2D eigenvalue weighted by Crippen LogP contribution is -2.38. The first-order valence-electron chi connectivity index (χ1n) is 9.76. The van der Waals surface area contributed by atoms with E-state index in [9.17, 15) is 0 Å². The number of halogens is 1. The highest BCUT2D eigenvalue weighted by molar-refractivity contribution is 14.0. The minimum absolute atomic E-state index is 0. The van der Waals surface area contributed by atoms with Gasteiger partial charge in [0.15, 0.2) is 5.96 Å². The van der Waals surface area contributed by atoms with Crippen LogP contribution in [-0.4, -0.2) is 45.9 Å². The van der Waals surface area contributed by atoms with Crippen LogP contribution < -0.4 is 16.0 Å². The van der Waals surface area contributed by atoms with Crippen LogP contribution in [0.3, 0.4) is 0 Å². The molecule has 1 aromatic heterocycles. The fraction of sp³-hybridized carbons (Fsp3) is 0.476. The number of aliphatic imine (C=N–C) groups is 1. The zero-order valence-corrected chi connectivity index (χ0v) is 19.6. The molecule has 3 N–H and O–H groups in total. The van der Waals surface area contributed by atoms with E-state index in [0.717, 1.165) is 49.0 Å². The summed E-state index contributed by atoms with van der Waals surface area (Å²) in [6.07, 6.45) is 2.55. The fourth-order valence-corrected chi connectivity index (χ4v) is 2.49. The number of benzene rings is 1. The Balaban J connectivity index is 0.00000420. The third-order valence-electron chi connectivity index (χ3n) is 3.94. The molecule has 162 valence electrons. The Labute approximate surface area is 190 Å². The molecule has 0 spiro atoms. The van der Waals surface area contributed by atoms with Gasteiger partial charge in [0, 0.05) is 39.0 Å². The smallest absolute Gasteiger partial charge is 0.191 e. The van der Waals surface area contributed by atoms with Crippen LogP contribution in [0.5, 0.6) is 0 Å². The van der Waals surface area contributed by atoms with Gasteiger partial charge >= 0.3 is 0 Å². The summed E-state index contributed by atoms with van der Waals surface area (Å²) in [5, 5.41) is 9.92. The van der Waals surface area contributed by atoms with E-state index in [1.54, 1.807) is 13.4 Å². The van der Waals surface area contributed by atoms with E-state index in [4.69, 9.17) is 13.9 Å². The number of anilines is 1. The van der Waals surface area contributed by atoms with Crippen LogP contribution in [0.1, 0.15) is 24.7 Å². The van der Waals surface area contributed by atoms with Gasteiger partial charge in [-0.15, -0.1) is 24.0 Å². The molecule has 2 aromatic rings. The zero-order valence-electron chi connectivity index (χ0n) is 17.3. The van der Waals surface area contributed by atoms with Gasteiger partial charge in [-0.1, -0.05) is 12.1 Å². The van der Waals surface area contributed by atoms with E-state index in [1.807, 2.05) is 12.1 Å². The van der Waals surface area contributed by atoms with Crippen molar-refractivity contribution < 1.29 is 13.9 Å². The molecule has 0 radical (unpaired) electrons. The fourth-order valence-electron chi connectivity index (χ4n) is 2.49. The van der Waals surface area contributed by atoms with Crippen molar-refractivity contribution in [1.29, 1.82) is 0 Å². The summed E-state index contributed by atoms with van der Waals surface area (Å²) in [6, 6.07) is 12.1. The van der Waals surface area contributed by atoms with Gasteiger partial charge in [-0.05, 0) is 43.2 Å². The number of rotatable bonds is 13. The minimum atomic E-state index is 0. The molecule has 2 rings (SSSR count). The molecule has 0 amide bonds. The summed E-state index contributed by atoms with van der Waals surface area (Å²) >= 11 is 0. The van der Waals surface area contributed by atoms with Gasteiger partial charge in [0.1, 0.15) is 12.4 Å². The number of nitrogens with one attached hydrogen (secondary N) is 3. The first kappa shape index (κ1) is 25.3. The van der Waals surface area contributed by atoms with Gasteiger partial charge < -0.3 is 29.8 Å². The van der Waals surface area contributed by atoms with Crippen LogP contribution in [0, 0.1) is 0 Å². The average Bonchev–Trinajstić information content (AvgIpc) is 3.23. The summed E-state index contributed by atoms with van der Waals surface area (Å²) in [5.41, 5.74) is 2.25. The molecule has 0 fully saturated rings. The monoisotopic (exact) mass is 516 g/mol. The van der Waals surface area contributed by atoms with Crippen molar-refractivity contribution in [3.63, 3.8) is 0 Å². The van der Waals surface area contributed by atoms with Gasteiger partial charge in [-0.3, -0.25) is 0 Å². The van der Waals surface area contributed by atoms with E-state index in [0.29, 0.717) is 26.4 Å². The van der Waals surface area contributed by atoms with Gasteiger partial charge in [-0.25, -0.2) is 4.99 Å². The normalized spacial score (nSPS) is 11.0. The molecule has 8 heteroatoms. The molecule has 7 nitrogen and oxygen atoms in total. The van der Waals surface area contributed by atoms with Gasteiger partial charge in [0.25, 0.3) is 0 Å². The second kappa shape index (κ2) is 16.1. The summed E-state index contributed by atoms with van der Waals surface area (Å²) in [7, 11) is 1.70. The second-order valence-electron chi connectivity index (χ2n) is 6.22. The van der Waals surface area contributed by atoms with E-state index < -0.39 is 0 Å². The van der Waals surface area contributed by atoms with Crippen LogP contribution in [0.4, 0.5) is 5.69 Å². The van der Waals surface area contributed by atoms with E-state index in [1.165, 1.54) is 0 Å². The minimum Gasteiger partial charge on any atom is -0.467 e. The first-order valence-corrected chi connectivity index (χ1v) is 9.76. The lowest BCUT2D eigenvalue weighted by Gasteiger charge is -2.11. The maximum absolute atomic E-state index is 5.59. The molecule has 0 atom stereocenters. The Morgan fingerprint density at radius 3 is 2.59 bits per heavy atom. The second-order valence-corrected chi connectivity index (χ2v) is 6.22. The Kier molecular flexibility index (Phi) is 14.0. The number of guanidine groups is 1. The number of nitrogens with zero attached hydrogens (tertiary/aromatic N) is 1. The number of hydrogen-bond acceptors (Lipinski definition) is 5. The Bertz CT molecular complexity index is 663. The summed E-state index contributed by atoms with van der Waals surface area (Å²) in [6.45, 7) is 6.98. The molecular weight excluding hydrogens is 483 g/mol. The quantitative estimate of drug-likeness (QED) is 0.163. The van der Waals surface area contributed by atoms with E-state index in [2.05, 4.69) is 52.1 Å². The third-order valence-corrected chi connectivity index (χ3v) is 3.94. The molecule has 1 heterocycles. The Morgan fingerprint density at radius 1 is 1.07 bits per heavy atom. The largest absolute Gasteiger partial charge is 0.467 e. The van der Waals surface area contributed by atoms with Crippen molar-refractivity contribution in [3.05, 3.63) is 54.0 Å². The molecule has 0 aliphatic carbocycles. The van der Waals surface area contributed by atoms with E-state index >= 15 is 0 Å². The van der Waals surface area contributed by atoms with Gasteiger partial charge in [-0.2, -0.15) is 0 Å². The molecule has 0 aliphatic rings. The van der Waals surface area contributed by atoms with Crippen molar-refractivity contribution in [3.8, 4) is 0 Å². The highest BCUT2D eigenvalue weighted by Gasteiger charge is 1.99. The lowest BCUT2D eigenvalue weighted by atomic mass is 10.2. The maximum Gasteiger partial charge on any atom is 0.191 e. The molecule has 0 aliphatic heterocycles. The van der Waals surface area contributed by atoms with Crippen molar-refractivity contribution in [2.45, 2.75) is 26.5 Å². The standard InChI is InChI=1S/C21H32N4O3.HI/c1-3-22-21(24-11-5-13-27-17-20-6-4-14-28-20)25-16-18-7-9-19(10-8-18)23-12-15-26-2;/h4,6-10,14,23H,3,5,11-13,15-17H2,1-2H3,(H2,22,24,25);1H. The van der Waals surface area contributed by atoms with Gasteiger partial charge in [0.2, 0.25) is 0 Å². The van der Waals surface area contributed by atoms with E-state index in [-0.39, 0.29) is 24.0 Å². The number of methoxy groups -OCH3 is 1. The summed E-state index contributed by atoms with van der Waals surface area (Å²) in [4.78, 5) is 4.65. The molecule has 1 aromatic carbocycles. The topological polar surface area (TPSA) is 80.1 Å². The predicted octanol–water partition coefficient (Wildman–Crippen LogP) is 3.62. The zero-order chi connectivity index (χ0) is 19.9. The van der Waals surface area contributed by atoms with Crippen LogP contribution in [0.25, 0.3) is 0 Å².